The summed E-state index contributed by atoms with van der Waals surface area (Å²) in [6.07, 6.45) is 16.5. The second-order valence-corrected chi connectivity index (χ2v) is 5.72. The Bertz CT molecular complexity index is 286. The molecule has 0 heterocycles. The van der Waals surface area contributed by atoms with Gasteiger partial charge in [-0.25, -0.2) is 0 Å². The van der Waals surface area contributed by atoms with Crippen LogP contribution in [0.1, 0.15) is 96.8 Å². The van der Waals surface area contributed by atoms with Crippen molar-refractivity contribution in [1.82, 2.24) is 0 Å². The van der Waals surface area contributed by atoms with Gasteiger partial charge in [0.05, 0.1) is 7.11 Å². The lowest BCUT2D eigenvalue weighted by atomic mass is 10.1. The van der Waals surface area contributed by atoms with E-state index in [4.69, 9.17) is 0 Å². The number of ether oxygens (including phenoxy) is 1. The lowest BCUT2D eigenvalue weighted by molar-refractivity contribution is -0.140. The molecule has 2 nitrogen and oxygen atoms in total. The number of esters is 1. The van der Waals surface area contributed by atoms with E-state index in [1.807, 2.05) is 0 Å². The minimum atomic E-state index is -0.0761. The number of methoxy groups -OCH3 is 1. The number of unbranched alkanes of at least 4 members (excludes halogenated alkanes) is 11. The number of carbonyl (C=O) groups is 1. The summed E-state index contributed by atoms with van der Waals surface area (Å²) >= 11 is 0. The lowest BCUT2D eigenvalue weighted by Crippen LogP contribution is -1.99. The Kier molecular flexibility index (Phi) is 16.3. The molecule has 0 atom stereocenters. The largest absolute Gasteiger partial charge is 0.469 e. The van der Waals surface area contributed by atoms with Gasteiger partial charge in [-0.05, 0) is 19.3 Å². The first kappa shape index (κ1) is 20.0. The highest BCUT2D eigenvalue weighted by Crippen LogP contribution is 2.11. The van der Waals surface area contributed by atoms with Crippen molar-refractivity contribution in [2.24, 2.45) is 0 Å². The van der Waals surface area contributed by atoms with Gasteiger partial charge in [-0.2, -0.15) is 0 Å². The molecule has 0 radical (unpaired) electrons. The molecule has 0 aromatic heterocycles. The smallest absolute Gasteiger partial charge is 0.305 e. The van der Waals surface area contributed by atoms with Crippen molar-refractivity contribution in [2.75, 3.05) is 7.11 Å². The SMILES string of the molecule is CCCCC#CCCCCCCCCCCCC(=O)OC. The molecule has 0 bridgehead atoms. The van der Waals surface area contributed by atoms with Crippen LogP contribution in [0.2, 0.25) is 0 Å². The van der Waals surface area contributed by atoms with Crippen LogP contribution in [-0.2, 0) is 9.53 Å². The molecule has 0 fully saturated rings. The average Bonchev–Trinajstić information content (AvgIpc) is 2.50. The number of carbonyl (C=O) groups excluding carboxylic acids is 1. The fourth-order valence-corrected chi connectivity index (χ4v) is 2.26. The van der Waals surface area contributed by atoms with Crippen LogP contribution in [0.15, 0.2) is 0 Å². The molecule has 0 rings (SSSR count). The molecule has 0 aromatic rings. The third kappa shape index (κ3) is 17.0. The standard InChI is InChI=1S/C19H34O2/c1-3-4-5-6-7-8-9-10-11-12-13-14-15-16-17-18-19(20)21-2/h3-5,8-18H2,1-2H3. The molecule has 0 amide bonds. The van der Waals surface area contributed by atoms with Crippen LogP contribution in [0.25, 0.3) is 0 Å². The lowest BCUT2D eigenvalue weighted by Gasteiger charge is -2.01. The molecule has 0 aliphatic rings. The maximum Gasteiger partial charge on any atom is 0.305 e. The van der Waals surface area contributed by atoms with E-state index in [0.717, 1.165) is 25.7 Å². The first-order chi connectivity index (χ1) is 10.3. The third-order valence-corrected chi connectivity index (χ3v) is 3.69. The van der Waals surface area contributed by atoms with E-state index in [2.05, 4.69) is 23.5 Å². The van der Waals surface area contributed by atoms with E-state index < -0.39 is 0 Å². The highest BCUT2D eigenvalue weighted by molar-refractivity contribution is 5.68. The zero-order valence-corrected chi connectivity index (χ0v) is 14.2. The molecular formula is C19H34O2. The van der Waals surface area contributed by atoms with E-state index in [1.165, 1.54) is 64.9 Å². The van der Waals surface area contributed by atoms with Gasteiger partial charge in [-0.1, -0.05) is 58.3 Å². The fraction of sp³-hybridized carbons (Fsp3) is 0.842. The van der Waals surface area contributed by atoms with E-state index in [-0.39, 0.29) is 5.97 Å². The Morgan fingerprint density at radius 1 is 0.762 bits per heavy atom. The van der Waals surface area contributed by atoms with Crippen molar-refractivity contribution in [1.29, 1.82) is 0 Å². The molecule has 0 saturated carbocycles. The van der Waals surface area contributed by atoms with Gasteiger partial charge in [0, 0.05) is 19.3 Å². The van der Waals surface area contributed by atoms with Crippen LogP contribution in [0, 0.1) is 11.8 Å². The summed E-state index contributed by atoms with van der Waals surface area (Å²) in [7, 11) is 1.46. The van der Waals surface area contributed by atoms with E-state index in [0.29, 0.717) is 6.42 Å². The van der Waals surface area contributed by atoms with Crippen molar-refractivity contribution >= 4 is 5.97 Å². The summed E-state index contributed by atoms with van der Waals surface area (Å²) in [4.78, 5) is 10.9. The zero-order valence-electron chi connectivity index (χ0n) is 14.2. The average molecular weight is 294 g/mol. The normalized spacial score (nSPS) is 10.0. The summed E-state index contributed by atoms with van der Waals surface area (Å²) in [5.41, 5.74) is 0. The Morgan fingerprint density at radius 3 is 1.76 bits per heavy atom. The predicted molar refractivity (Wildman–Crippen MR) is 90.1 cm³/mol. The minimum absolute atomic E-state index is 0.0761. The molecule has 0 aliphatic carbocycles. The molecule has 0 unspecified atom stereocenters. The number of hydrogen-bond donors (Lipinski definition) is 0. The van der Waals surface area contributed by atoms with Crippen molar-refractivity contribution < 1.29 is 9.53 Å². The Labute approximate surface area is 132 Å². The molecule has 122 valence electrons. The van der Waals surface area contributed by atoms with Gasteiger partial charge >= 0.3 is 5.97 Å². The zero-order chi connectivity index (χ0) is 15.6. The van der Waals surface area contributed by atoms with E-state index in [9.17, 15) is 4.79 Å². The first-order valence-electron chi connectivity index (χ1n) is 8.83. The number of rotatable bonds is 13. The Hall–Kier alpha value is -0.970. The van der Waals surface area contributed by atoms with Crippen molar-refractivity contribution in [3.8, 4) is 11.8 Å². The minimum Gasteiger partial charge on any atom is -0.469 e. The van der Waals surface area contributed by atoms with Crippen LogP contribution in [0.3, 0.4) is 0 Å². The van der Waals surface area contributed by atoms with Gasteiger partial charge in [0.15, 0.2) is 0 Å². The van der Waals surface area contributed by atoms with Gasteiger partial charge in [0.2, 0.25) is 0 Å². The Morgan fingerprint density at radius 2 is 1.24 bits per heavy atom. The molecule has 0 aromatic carbocycles. The highest BCUT2D eigenvalue weighted by Gasteiger charge is 1.98. The molecule has 0 aliphatic heterocycles. The van der Waals surface area contributed by atoms with Crippen molar-refractivity contribution in [3.63, 3.8) is 0 Å². The quantitative estimate of drug-likeness (QED) is 0.249. The second kappa shape index (κ2) is 17.1. The molecular weight excluding hydrogens is 260 g/mol. The topological polar surface area (TPSA) is 26.3 Å². The van der Waals surface area contributed by atoms with Gasteiger partial charge in [-0.15, -0.1) is 11.8 Å². The molecule has 0 saturated heterocycles. The molecule has 2 heteroatoms. The summed E-state index contributed by atoms with van der Waals surface area (Å²) < 4.78 is 4.62. The van der Waals surface area contributed by atoms with Crippen LogP contribution in [0.5, 0.6) is 0 Å². The van der Waals surface area contributed by atoms with Gasteiger partial charge < -0.3 is 4.74 Å². The van der Waals surface area contributed by atoms with Crippen LogP contribution in [0.4, 0.5) is 0 Å². The fourth-order valence-electron chi connectivity index (χ4n) is 2.26. The number of hydrogen-bond acceptors (Lipinski definition) is 2. The predicted octanol–water partition coefficient (Wildman–Crippen LogP) is 5.64. The Balaban J connectivity index is 3.08. The first-order valence-corrected chi connectivity index (χ1v) is 8.83. The monoisotopic (exact) mass is 294 g/mol. The maximum absolute atomic E-state index is 10.9. The van der Waals surface area contributed by atoms with Crippen molar-refractivity contribution in [2.45, 2.75) is 96.8 Å². The van der Waals surface area contributed by atoms with Crippen molar-refractivity contribution in [3.05, 3.63) is 0 Å². The van der Waals surface area contributed by atoms with E-state index in [1.54, 1.807) is 0 Å². The van der Waals surface area contributed by atoms with Crippen LogP contribution < -0.4 is 0 Å². The summed E-state index contributed by atoms with van der Waals surface area (Å²) in [5, 5.41) is 0. The second-order valence-electron chi connectivity index (χ2n) is 5.72. The molecule has 0 spiro atoms. The van der Waals surface area contributed by atoms with E-state index >= 15 is 0 Å². The summed E-state index contributed by atoms with van der Waals surface area (Å²) in [6, 6.07) is 0. The maximum atomic E-state index is 10.9. The molecule has 0 N–H and O–H groups in total. The third-order valence-electron chi connectivity index (χ3n) is 3.69. The van der Waals surface area contributed by atoms with Crippen LogP contribution >= 0.6 is 0 Å². The molecule has 21 heavy (non-hydrogen) atoms. The summed E-state index contributed by atoms with van der Waals surface area (Å²) in [6.45, 7) is 2.21. The van der Waals surface area contributed by atoms with Crippen LogP contribution in [-0.4, -0.2) is 13.1 Å². The van der Waals surface area contributed by atoms with Gasteiger partial charge in [0.1, 0.15) is 0 Å². The highest BCUT2D eigenvalue weighted by atomic mass is 16.5. The summed E-state index contributed by atoms with van der Waals surface area (Å²) in [5.74, 6) is 6.44. The van der Waals surface area contributed by atoms with Gasteiger partial charge in [-0.3, -0.25) is 4.79 Å². The van der Waals surface area contributed by atoms with Gasteiger partial charge in [0.25, 0.3) is 0 Å².